The van der Waals surface area contributed by atoms with E-state index in [1.807, 2.05) is 0 Å². The molecule has 0 nitrogen and oxygen atoms in total. The summed E-state index contributed by atoms with van der Waals surface area (Å²) < 4.78 is 1.23. The monoisotopic (exact) mass is 234 g/mol. The van der Waals surface area contributed by atoms with E-state index in [1.165, 1.54) is 26.4 Å². The molecule has 0 atom stereocenters. The molecule has 0 amide bonds. The highest BCUT2D eigenvalue weighted by atomic mass is 79.9. The molecule has 0 N–H and O–H groups in total. The Morgan fingerprint density at radius 1 is 1.08 bits per heavy atom. The van der Waals surface area contributed by atoms with E-state index in [2.05, 4.69) is 60.1 Å². The molecule has 0 aromatic heterocycles. The Labute approximate surface area is 86.7 Å². The van der Waals surface area contributed by atoms with Gasteiger partial charge in [0, 0.05) is 4.47 Å². The summed E-state index contributed by atoms with van der Waals surface area (Å²) in [4.78, 5) is 0. The van der Waals surface area contributed by atoms with Gasteiger partial charge in [0.05, 0.1) is 0 Å². The maximum absolute atomic E-state index is 3.63. The summed E-state index contributed by atoms with van der Waals surface area (Å²) in [6, 6.07) is 10.7. The van der Waals surface area contributed by atoms with Crippen LogP contribution in [0.4, 0.5) is 0 Å². The lowest BCUT2D eigenvalue weighted by Gasteiger charge is -2.07. The summed E-state index contributed by atoms with van der Waals surface area (Å²) >= 11 is 3.63. The van der Waals surface area contributed by atoms with Crippen LogP contribution in [-0.2, 0) is 0 Å². The molecule has 0 aliphatic rings. The highest BCUT2D eigenvalue weighted by Crippen LogP contribution is 2.29. The quantitative estimate of drug-likeness (QED) is 0.641. The maximum Gasteiger partial charge on any atom is 0.0285 e. The standard InChI is InChI=1S/C12H11Br/c1-8-7-10-5-3-4-6-11(10)12(13)9(8)2/h3-7H,1-2H3. The van der Waals surface area contributed by atoms with E-state index in [-0.39, 0.29) is 0 Å². The molecule has 0 bridgehead atoms. The molecule has 0 fully saturated rings. The third-order valence-corrected chi connectivity index (χ3v) is 3.51. The first-order chi connectivity index (χ1) is 6.20. The van der Waals surface area contributed by atoms with Crippen molar-refractivity contribution < 1.29 is 0 Å². The van der Waals surface area contributed by atoms with Crippen molar-refractivity contribution in [3.8, 4) is 0 Å². The zero-order valence-electron chi connectivity index (χ0n) is 7.76. The van der Waals surface area contributed by atoms with Crippen molar-refractivity contribution in [2.45, 2.75) is 13.8 Å². The predicted octanol–water partition coefficient (Wildman–Crippen LogP) is 4.22. The molecular formula is C12H11Br. The molecule has 13 heavy (non-hydrogen) atoms. The van der Waals surface area contributed by atoms with Gasteiger partial charge in [-0.05, 0) is 51.7 Å². The van der Waals surface area contributed by atoms with Gasteiger partial charge in [0.1, 0.15) is 0 Å². The van der Waals surface area contributed by atoms with Crippen LogP contribution in [0.1, 0.15) is 11.1 Å². The molecule has 0 radical (unpaired) electrons. The third-order valence-electron chi connectivity index (χ3n) is 2.49. The van der Waals surface area contributed by atoms with Crippen LogP contribution < -0.4 is 0 Å². The van der Waals surface area contributed by atoms with Gasteiger partial charge in [0.25, 0.3) is 0 Å². The van der Waals surface area contributed by atoms with E-state index >= 15 is 0 Å². The molecule has 2 aromatic carbocycles. The SMILES string of the molecule is Cc1cc2ccccc2c(Br)c1C. The second-order valence-corrected chi connectivity index (χ2v) is 4.15. The van der Waals surface area contributed by atoms with Crippen LogP contribution in [0.15, 0.2) is 34.8 Å². The molecule has 0 spiro atoms. The van der Waals surface area contributed by atoms with Crippen molar-refractivity contribution in [3.63, 3.8) is 0 Å². The smallest absolute Gasteiger partial charge is 0.0285 e. The van der Waals surface area contributed by atoms with Crippen molar-refractivity contribution in [2.24, 2.45) is 0 Å². The van der Waals surface area contributed by atoms with E-state index in [1.54, 1.807) is 0 Å². The molecule has 0 unspecified atom stereocenters. The number of rotatable bonds is 0. The van der Waals surface area contributed by atoms with Crippen molar-refractivity contribution in [1.82, 2.24) is 0 Å². The second-order valence-electron chi connectivity index (χ2n) is 3.35. The highest BCUT2D eigenvalue weighted by Gasteiger charge is 2.03. The van der Waals surface area contributed by atoms with Gasteiger partial charge in [0.15, 0.2) is 0 Å². The fourth-order valence-electron chi connectivity index (χ4n) is 1.54. The Bertz CT molecular complexity index is 458. The third kappa shape index (κ3) is 1.37. The van der Waals surface area contributed by atoms with Crippen molar-refractivity contribution in [3.05, 3.63) is 45.9 Å². The molecule has 0 saturated carbocycles. The molecule has 0 aliphatic carbocycles. The Kier molecular flexibility index (Phi) is 2.12. The molecular weight excluding hydrogens is 224 g/mol. The van der Waals surface area contributed by atoms with Crippen molar-refractivity contribution in [1.29, 1.82) is 0 Å². The number of hydrogen-bond acceptors (Lipinski definition) is 0. The van der Waals surface area contributed by atoms with Gasteiger partial charge >= 0.3 is 0 Å². The molecule has 0 heterocycles. The minimum atomic E-state index is 1.23. The maximum atomic E-state index is 3.63. The van der Waals surface area contributed by atoms with Crippen LogP contribution >= 0.6 is 15.9 Å². The molecule has 0 aliphatic heterocycles. The summed E-state index contributed by atoms with van der Waals surface area (Å²) in [7, 11) is 0. The summed E-state index contributed by atoms with van der Waals surface area (Å²) in [6.07, 6.45) is 0. The second kappa shape index (κ2) is 3.15. The summed E-state index contributed by atoms with van der Waals surface area (Å²) in [6.45, 7) is 4.29. The van der Waals surface area contributed by atoms with Crippen LogP contribution in [0, 0.1) is 13.8 Å². The van der Waals surface area contributed by atoms with Crippen LogP contribution in [0.25, 0.3) is 10.8 Å². The van der Waals surface area contributed by atoms with Crippen LogP contribution in [-0.4, -0.2) is 0 Å². The van der Waals surface area contributed by atoms with E-state index in [0.717, 1.165) is 0 Å². The van der Waals surface area contributed by atoms with Gasteiger partial charge in [-0.15, -0.1) is 0 Å². The van der Waals surface area contributed by atoms with E-state index < -0.39 is 0 Å². The van der Waals surface area contributed by atoms with Crippen LogP contribution in [0.5, 0.6) is 0 Å². The molecule has 2 rings (SSSR count). The van der Waals surface area contributed by atoms with Gasteiger partial charge in [-0.3, -0.25) is 0 Å². The van der Waals surface area contributed by atoms with E-state index in [4.69, 9.17) is 0 Å². The number of halogens is 1. The average molecular weight is 235 g/mol. The highest BCUT2D eigenvalue weighted by molar-refractivity contribution is 9.10. The van der Waals surface area contributed by atoms with Crippen molar-refractivity contribution in [2.75, 3.05) is 0 Å². The van der Waals surface area contributed by atoms with Crippen LogP contribution in [0.3, 0.4) is 0 Å². The minimum Gasteiger partial charge on any atom is -0.0616 e. The fourth-order valence-corrected chi connectivity index (χ4v) is 2.21. The summed E-state index contributed by atoms with van der Waals surface area (Å²) in [5, 5.41) is 2.60. The lowest BCUT2D eigenvalue weighted by molar-refractivity contribution is 1.34. The van der Waals surface area contributed by atoms with Gasteiger partial charge in [-0.25, -0.2) is 0 Å². The first kappa shape index (κ1) is 8.76. The first-order valence-corrected chi connectivity index (χ1v) is 5.14. The lowest BCUT2D eigenvalue weighted by Crippen LogP contribution is -1.84. The van der Waals surface area contributed by atoms with Gasteiger partial charge < -0.3 is 0 Å². The average Bonchev–Trinajstić information content (AvgIpc) is 2.15. The van der Waals surface area contributed by atoms with Crippen LogP contribution in [0.2, 0.25) is 0 Å². The largest absolute Gasteiger partial charge is 0.0616 e. The van der Waals surface area contributed by atoms with Crippen molar-refractivity contribution >= 4 is 26.7 Å². The summed E-state index contributed by atoms with van der Waals surface area (Å²) in [5.41, 5.74) is 2.67. The van der Waals surface area contributed by atoms with Gasteiger partial charge in [-0.1, -0.05) is 30.3 Å². The molecule has 2 aromatic rings. The normalized spacial score (nSPS) is 10.7. The Balaban J connectivity index is 2.94. The molecule has 1 heteroatoms. The minimum absolute atomic E-state index is 1.23. The first-order valence-electron chi connectivity index (χ1n) is 4.34. The lowest BCUT2D eigenvalue weighted by atomic mass is 10.0. The number of hydrogen-bond donors (Lipinski definition) is 0. The molecule has 66 valence electrons. The Hall–Kier alpha value is -0.820. The number of aryl methyl sites for hydroxylation is 1. The number of benzene rings is 2. The van der Waals surface area contributed by atoms with Gasteiger partial charge in [-0.2, -0.15) is 0 Å². The van der Waals surface area contributed by atoms with Gasteiger partial charge in [0.2, 0.25) is 0 Å². The Morgan fingerprint density at radius 2 is 1.77 bits per heavy atom. The predicted molar refractivity (Wildman–Crippen MR) is 61.1 cm³/mol. The topological polar surface area (TPSA) is 0 Å². The summed E-state index contributed by atoms with van der Waals surface area (Å²) in [5.74, 6) is 0. The number of fused-ring (bicyclic) bond motifs is 1. The van der Waals surface area contributed by atoms with E-state index in [0.29, 0.717) is 0 Å². The molecule has 0 saturated heterocycles. The van der Waals surface area contributed by atoms with E-state index in [9.17, 15) is 0 Å². The fraction of sp³-hybridized carbons (Fsp3) is 0.167. The Morgan fingerprint density at radius 3 is 2.54 bits per heavy atom. The zero-order chi connectivity index (χ0) is 9.42. The zero-order valence-corrected chi connectivity index (χ0v) is 9.35.